The Morgan fingerprint density at radius 1 is 0.900 bits per heavy atom. The Balaban J connectivity index is 1.66. The van der Waals surface area contributed by atoms with Crippen LogP contribution in [0.1, 0.15) is 33.1 Å². The maximum atomic E-state index is 13.0. The van der Waals surface area contributed by atoms with Crippen molar-refractivity contribution in [2.45, 2.75) is 24.0 Å². The van der Waals surface area contributed by atoms with Crippen LogP contribution in [-0.4, -0.2) is 20.5 Å². The summed E-state index contributed by atoms with van der Waals surface area (Å²) in [6.45, 7) is 1.89. The van der Waals surface area contributed by atoms with Gasteiger partial charge in [0.25, 0.3) is 0 Å². The van der Waals surface area contributed by atoms with Gasteiger partial charge in [0.05, 0.1) is 16.5 Å². The van der Waals surface area contributed by atoms with Crippen LogP contribution in [0, 0.1) is 6.92 Å². The highest BCUT2D eigenvalue weighted by Gasteiger charge is 2.33. The van der Waals surface area contributed by atoms with E-state index in [1.807, 2.05) is 43.3 Å². The molecule has 30 heavy (non-hydrogen) atoms. The van der Waals surface area contributed by atoms with E-state index in [-0.39, 0.29) is 4.90 Å². The van der Waals surface area contributed by atoms with Crippen LogP contribution in [0.3, 0.4) is 0 Å². The highest BCUT2D eigenvalue weighted by Crippen LogP contribution is 2.32. The number of nitrogens with one attached hydrogen (secondary N) is 1. The maximum Gasteiger partial charge on any atom is 0.338 e. The third kappa shape index (κ3) is 4.20. The molecule has 0 fully saturated rings. The van der Waals surface area contributed by atoms with Crippen LogP contribution in [-0.2, 0) is 14.8 Å². The summed E-state index contributed by atoms with van der Waals surface area (Å²) < 4.78 is 34.5. The van der Waals surface area contributed by atoms with Gasteiger partial charge in [-0.2, -0.15) is 4.72 Å². The van der Waals surface area contributed by atoms with Crippen molar-refractivity contribution in [3.63, 3.8) is 0 Å². The highest BCUT2D eigenvalue weighted by molar-refractivity contribution is 7.89. The Labute approximate surface area is 176 Å². The van der Waals surface area contributed by atoms with E-state index in [0.29, 0.717) is 5.56 Å². The lowest BCUT2D eigenvalue weighted by Gasteiger charge is -2.30. The molecule has 3 aromatic rings. The molecule has 0 heterocycles. The molecule has 3 aromatic carbocycles. The molecule has 0 aliphatic heterocycles. The summed E-state index contributed by atoms with van der Waals surface area (Å²) in [4.78, 5) is 12.8. The van der Waals surface area contributed by atoms with E-state index in [4.69, 9.17) is 4.74 Å². The summed E-state index contributed by atoms with van der Waals surface area (Å²) in [5.41, 5.74) is 3.00. The summed E-state index contributed by atoms with van der Waals surface area (Å²) in [6, 6.07) is 22.0. The number of carbonyl (C=O) groups excluding carboxylic acids is 1. The minimum atomic E-state index is -3.83. The largest absolute Gasteiger partial charge is 0.452 e. The van der Waals surface area contributed by atoms with Gasteiger partial charge < -0.3 is 4.74 Å². The first-order valence-electron chi connectivity index (χ1n) is 9.56. The van der Waals surface area contributed by atoms with Crippen molar-refractivity contribution in [1.82, 2.24) is 4.72 Å². The molecule has 0 bridgehead atoms. The molecule has 1 aliphatic carbocycles. The van der Waals surface area contributed by atoms with Crippen molar-refractivity contribution in [3.05, 3.63) is 107 Å². The van der Waals surface area contributed by atoms with Crippen LogP contribution >= 0.6 is 0 Å². The zero-order chi connectivity index (χ0) is 21.1. The predicted octanol–water partition coefficient (Wildman–Crippen LogP) is 4.27. The van der Waals surface area contributed by atoms with Gasteiger partial charge in [0.1, 0.15) is 6.10 Å². The monoisotopic (exact) mass is 419 g/mol. The fraction of sp³-hybridized carbons (Fsp3) is 0.125. The van der Waals surface area contributed by atoms with E-state index < -0.39 is 28.1 Å². The lowest BCUT2D eigenvalue weighted by atomic mass is 9.91. The molecule has 0 aromatic heterocycles. The zero-order valence-corrected chi connectivity index (χ0v) is 17.2. The molecule has 152 valence electrons. The van der Waals surface area contributed by atoms with Crippen LogP contribution in [0.5, 0.6) is 0 Å². The second kappa shape index (κ2) is 8.26. The maximum absolute atomic E-state index is 13.0. The van der Waals surface area contributed by atoms with E-state index in [1.54, 1.807) is 54.6 Å². The SMILES string of the molecule is Cc1ccc(S(=O)(=O)N[C@@H]2c3ccccc3C=C[C@@H]2OC(=O)c2ccccc2)cc1. The second-order valence-corrected chi connectivity index (χ2v) is 8.85. The number of rotatable bonds is 5. The first-order chi connectivity index (χ1) is 14.4. The van der Waals surface area contributed by atoms with Gasteiger partial charge in [-0.1, -0.05) is 66.2 Å². The molecule has 4 rings (SSSR count). The van der Waals surface area contributed by atoms with Gasteiger partial charge in [-0.25, -0.2) is 13.2 Å². The molecule has 5 nitrogen and oxygen atoms in total. The molecule has 0 spiro atoms. The van der Waals surface area contributed by atoms with Crippen LogP contribution in [0.15, 0.2) is 89.8 Å². The number of benzene rings is 3. The van der Waals surface area contributed by atoms with Gasteiger partial charge in [-0.15, -0.1) is 0 Å². The Kier molecular flexibility index (Phi) is 5.53. The fourth-order valence-electron chi connectivity index (χ4n) is 3.39. The van der Waals surface area contributed by atoms with Gasteiger partial charge in [0.15, 0.2) is 0 Å². The quantitative estimate of drug-likeness (QED) is 0.627. The van der Waals surface area contributed by atoms with E-state index in [1.165, 1.54) is 0 Å². The van der Waals surface area contributed by atoms with Gasteiger partial charge in [0.2, 0.25) is 10.0 Å². The number of sulfonamides is 1. The van der Waals surface area contributed by atoms with Crippen LogP contribution in [0.2, 0.25) is 0 Å². The number of hydrogen-bond donors (Lipinski definition) is 1. The van der Waals surface area contributed by atoms with E-state index in [2.05, 4.69) is 4.72 Å². The van der Waals surface area contributed by atoms with Crippen molar-refractivity contribution in [2.24, 2.45) is 0 Å². The molecule has 0 saturated carbocycles. The Bertz CT molecular complexity index is 1190. The summed E-state index contributed by atoms with van der Waals surface area (Å²) >= 11 is 0. The standard InChI is InChI=1S/C24H21NO4S/c1-17-11-14-20(15-12-17)30(27,28)25-23-21-10-6-5-7-18(21)13-16-22(23)29-24(26)19-8-3-2-4-9-19/h2-16,22-23,25H,1H3/t22-,23+/m0/s1. The minimum absolute atomic E-state index is 0.160. The van der Waals surface area contributed by atoms with Crippen LogP contribution in [0.4, 0.5) is 0 Å². The van der Waals surface area contributed by atoms with Crippen molar-refractivity contribution in [2.75, 3.05) is 0 Å². The van der Waals surface area contributed by atoms with Crippen molar-refractivity contribution < 1.29 is 17.9 Å². The summed E-state index contributed by atoms with van der Waals surface area (Å²) in [6.07, 6.45) is 2.77. The van der Waals surface area contributed by atoms with Crippen molar-refractivity contribution in [3.8, 4) is 0 Å². The zero-order valence-electron chi connectivity index (χ0n) is 16.4. The average Bonchev–Trinajstić information content (AvgIpc) is 2.76. The normalized spacial score (nSPS) is 17.9. The molecular formula is C24H21NO4S. The smallest absolute Gasteiger partial charge is 0.338 e. The fourth-order valence-corrected chi connectivity index (χ4v) is 4.61. The number of carbonyl (C=O) groups is 1. The molecule has 0 radical (unpaired) electrons. The van der Waals surface area contributed by atoms with Crippen LogP contribution < -0.4 is 4.72 Å². The summed E-state index contributed by atoms with van der Waals surface area (Å²) in [5, 5.41) is 0. The van der Waals surface area contributed by atoms with E-state index >= 15 is 0 Å². The van der Waals surface area contributed by atoms with E-state index in [9.17, 15) is 13.2 Å². The number of aryl methyl sites for hydroxylation is 1. The Hall–Kier alpha value is -3.22. The van der Waals surface area contributed by atoms with Gasteiger partial charge >= 0.3 is 5.97 Å². The van der Waals surface area contributed by atoms with Crippen LogP contribution in [0.25, 0.3) is 6.08 Å². The molecule has 0 unspecified atom stereocenters. The average molecular weight is 420 g/mol. The minimum Gasteiger partial charge on any atom is -0.452 e. The molecule has 0 amide bonds. The Morgan fingerprint density at radius 3 is 2.30 bits per heavy atom. The predicted molar refractivity (Wildman–Crippen MR) is 115 cm³/mol. The third-order valence-corrected chi connectivity index (χ3v) is 6.45. The first-order valence-corrected chi connectivity index (χ1v) is 11.0. The van der Waals surface area contributed by atoms with E-state index in [0.717, 1.165) is 16.7 Å². The van der Waals surface area contributed by atoms with Gasteiger partial charge in [0, 0.05) is 0 Å². The number of hydrogen-bond acceptors (Lipinski definition) is 4. The second-order valence-electron chi connectivity index (χ2n) is 7.14. The van der Waals surface area contributed by atoms with Crippen molar-refractivity contribution in [1.29, 1.82) is 0 Å². The molecule has 1 N–H and O–H groups in total. The summed E-state index contributed by atoms with van der Waals surface area (Å²) in [7, 11) is -3.83. The highest BCUT2D eigenvalue weighted by atomic mass is 32.2. The topological polar surface area (TPSA) is 72.5 Å². The van der Waals surface area contributed by atoms with Crippen molar-refractivity contribution >= 4 is 22.1 Å². The first kappa shape index (κ1) is 20.1. The molecule has 1 aliphatic rings. The number of fused-ring (bicyclic) bond motifs is 1. The molecule has 6 heteroatoms. The molecule has 0 saturated heterocycles. The summed E-state index contributed by atoms with van der Waals surface area (Å²) in [5.74, 6) is -0.510. The molecule has 2 atom stereocenters. The Morgan fingerprint density at radius 2 is 1.57 bits per heavy atom. The molecular weight excluding hydrogens is 398 g/mol. The number of esters is 1. The lowest BCUT2D eigenvalue weighted by molar-refractivity contribution is 0.0333. The number of ether oxygens (including phenoxy) is 1. The van der Waals surface area contributed by atoms with Gasteiger partial charge in [-0.3, -0.25) is 0 Å². The lowest BCUT2D eigenvalue weighted by Crippen LogP contribution is -2.39. The third-order valence-electron chi connectivity index (χ3n) is 4.99. The van der Waals surface area contributed by atoms with Gasteiger partial charge in [-0.05, 0) is 48.4 Å².